The Morgan fingerprint density at radius 2 is 2.00 bits per heavy atom. The molecular weight excluding hydrogens is 297 g/mol. The normalized spacial score (nSPS) is 20.7. The maximum absolute atomic E-state index is 13.8. The summed E-state index contributed by atoms with van der Waals surface area (Å²) >= 11 is 0. The lowest BCUT2D eigenvalue weighted by Gasteiger charge is -2.25. The van der Waals surface area contributed by atoms with E-state index in [4.69, 9.17) is 10.00 Å². The third-order valence-corrected chi connectivity index (χ3v) is 3.94. The molecule has 1 aliphatic rings. The number of phenols is 1. The maximum Gasteiger partial charge on any atom is 0.233 e. The fourth-order valence-electron chi connectivity index (χ4n) is 2.68. The monoisotopic (exact) mass is 313 g/mol. The van der Waals surface area contributed by atoms with Crippen LogP contribution in [-0.4, -0.2) is 27.6 Å². The zero-order valence-corrected chi connectivity index (χ0v) is 12.4. The van der Waals surface area contributed by atoms with Gasteiger partial charge in [0.05, 0.1) is 17.3 Å². The van der Waals surface area contributed by atoms with E-state index in [0.29, 0.717) is 29.7 Å². The molecule has 0 saturated heterocycles. The van der Waals surface area contributed by atoms with Crippen molar-refractivity contribution < 1.29 is 14.2 Å². The number of hydrogen-bond acceptors (Lipinski definition) is 5. The Kier molecular flexibility index (Phi) is 4.38. The summed E-state index contributed by atoms with van der Waals surface area (Å²) in [4.78, 5) is 0. The third-order valence-electron chi connectivity index (χ3n) is 3.94. The first kappa shape index (κ1) is 15.2. The van der Waals surface area contributed by atoms with Gasteiger partial charge in [-0.05, 0) is 43.5 Å². The lowest BCUT2D eigenvalue weighted by Crippen LogP contribution is -2.32. The van der Waals surface area contributed by atoms with Gasteiger partial charge in [0.2, 0.25) is 5.88 Å². The smallest absolute Gasteiger partial charge is 0.233 e. The lowest BCUT2D eigenvalue weighted by atomic mass is 9.96. The van der Waals surface area contributed by atoms with Crippen molar-refractivity contribution in [2.75, 3.05) is 0 Å². The quantitative estimate of drug-likeness (QED) is 0.939. The Balaban J connectivity index is 1.76. The molecule has 0 spiro atoms. The van der Waals surface area contributed by atoms with Gasteiger partial charge in [0.15, 0.2) is 0 Å². The molecule has 0 amide bonds. The molecule has 1 aromatic carbocycles. The van der Waals surface area contributed by atoms with E-state index >= 15 is 0 Å². The van der Waals surface area contributed by atoms with Crippen LogP contribution in [0.4, 0.5) is 4.39 Å². The van der Waals surface area contributed by atoms with Gasteiger partial charge in [-0.25, -0.2) is 4.39 Å². The van der Waals surface area contributed by atoms with Crippen LogP contribution in [0.25, 0.3) is 11.3 Å². The summed E-state index contributed by atoms with van der Waals surface area (Å²) in [6.07, 6.45) is 1.62. The number of hydrogen-bond donors (Lipinski definition) is 1. The molecule has 1 aliphatic carbocycles. The van der Waals surface area contributed by atoms with Gasteiger partial charge in [-0.3, -0.25) is 0 Å². The van der Waals surface area contributed by atoms with Crippen LogP contribution in [0.15, 0.2) is 30.3 Å². The summed E-state index contributed by atoms with van der Waals surface area (Å²) in [5.41, 5.74) is 1.30. The molecule has 1 saturated carbocycles. The first-order chi connectivity index (χ1) is 11.2. The highest BCUT2D eigenvalue weighted by Gasteiger charge is 2.26. The van der Waals surface area contributed by atoms with Gasteiger partial charge < -0.3 is 9.84 Å². The number of aromatic nitrogens is 2. The highest BCUT2D eigenvalue weighted by molar-refractivity contribution is 5.67. The number of halogens is 1. The van der Waals surface area contributed by atoms with E-state index in [9.17, 15) is 9.50 Å². The predicted molar refractivity (Wildman–Crippen MR) is 81.6 cm³/mol. The van der Waals surface area contributed by atoms with Gasteiger partial charge in [-0.15, -0.1) is 10.2 Å². The predicted octanol–water partition coefficient (Wildman–Crippen LogP) is 3.38. The van der Waals surface area contributed by atoms with E-state index in [1.165, 1.54) is 6.07 Å². The Morgan fingerprint density at radius 3 is 2.65 bits per heavy atom. The second-order valence-electron chi connectivity index (χ2n) is 5.56. The molecular formula is C17H16FN3O2. The van der Waals surface area contributed by atoms with Crippen LogP contribution in [0, 0.1) is 11.3 Å². The van der Waals surface area contributed by atoms with Crippen LogP contribution < -0.4 is 4.74 Å². The molecule has 6 heteroatoms. The van der Waals surface area contributed by atoms with Crippen LogP contribution >= 0.6 is 0 Å². The van der Waals surface area contributed by atoms with E-state index in [-0.39, 0.29) is 11.6 Å². The number of aromatic hydroxyl groups is 1. The van der Waals surface area contributed by atoms with Gasteiger partial charge >= 0.3 is 0 Å². The molecule has 1 aromatic heterocycles. The largest absolute Gasteiger partial charge is 0.507 e. The fraction of sp³-hybridized carbons (Fsp3) is 0.353. The van der Waals surface area contributed by atoms with Crippen molar-refractivity contribution >= 4 is 0 Å². The summed E-state index contributed by atoms with van der Waals surface area (Å²) < 4.78 is 19.3. The zero-order chi connectivity index (χ0) is 16.2. The molecule has 5 nitrogen and oxygen atoms in total. The number of nitrogens with zero attached hydrogens (tertiary/aromatic N) is 3. The Bertz CT molecular complexity index is 728. The Morgan fingerprint density at radius 1 is 1.17 bits per heavy atom. The number of alkyl halides is 1. The van der Waals surface area contributed by atoms with Crippen LogP contribution in [0.2, 0.25) is 0 Å². The van der Waals surface area contributed by atoms with Crippen molar-refractivity contribution in [2.45, 2.75) is 38.0 Å². The van der Waals surface area contributed by atoms with Crippen LogP contribution in [0.1, 0.15) is 31.2 Å². The molecule has 118 valence electrons. The van der Waals surface area contributed by atoms with E-state index in [2.05, 4.69) is 10.2 Å². The SMILES string of the molecule is N#Cc1ccc(-c2ccc(O[C@H]3CCCC[C@H]3F)nn2)c(O)c1. The van der Waals surface area contributed by atoms with E-state index in [1.807, 2.05) is 6.07 Å². The lowest BCUT2D eigenvalue weighted by molar-refractivity contribution is 0.0594. The number of benzene rings is 1. The van der Waals surface area contributed by atoms with Crippen LogP contribution in [0.5, 0.6) is 11.6 Å². The second kappa shape index (κ2) is 6.61. The standard InChI is InChI=1S/C17H16FN3O2/c18-13-3-1-2-4-16(13)23-17-8-7-14(20-21-17)12-6-5-11(10-19)9-15(12)22/h5-9,13,16,22H,1-4H2/t13-,16+/m1/s1. The number of nitriles is 1. The molecule has 0 aliphatic heterocycles. The van der Waals surface area contributed by atoms with Crippen molar-refractivity contribution in [3.05, 3.63) is 35.9 Å². The minimum atomic E-state index is -0.965. The van der Waals surface area contributed by atoms with Crippen LogP contribution in [-0.2, 0) is 0 Å². The Labute approximate surface area is 133 Å². The van der Waals surface area contributed by atoms with Crippen molar-refractivity contribution in [1.29, 1.82) is 5.26 Å². The highest BCUT2D eigenvalue weighted by Crippen LogP contribution is 2.29. The molecule has 0 radical (unpaired) electrons. The van der Waals surface area contributed by atoms with Gasteiger partial charge in [0.1, 0.15) is 18.0 Å². The molecule has 3 rings (SSSR count). The second-order valence-corrected chi connectivity index (χ2v) is 5.56. The van der Waals surface area contributed by atoms with Crippen molar-refractivity contribution in [3.63, 3.8) is 0 Å². The minimum absolute atomic E-state index is 0.0388. The van der Waals surface area contributed by atoms with E-state index < -0.39 is 12.3 Å². The maximum atomic E-state index is 13.8. The molecule has 1 heterocycles. The summed E-state index contributed by atoms with van der Waals surface area (Å²) in [5, 5.41) is 26.7. The van der Waals surface area contributed by atoms with Gasteiger partial charge in [-0.2, -0.15) is 5.26 Å². The first-order valence-corrected chi connectivity index (χ1v) is 7.55. The average molecular weight is 313 g/mol. The van der Waals surface area contributed by atoms with Crippen molar-refractivity contribution in [3.8, 4) is 29.0 Å². The van der Waals surface area contributed by atoms with Gasteiger partial charge in [0.25, 0.3) is 0 Å². The molecule has 1 fully saturated rings. The summed E-state index contributed by atoms with van der Waals surface area (Å²) in [5.74, 6) is 0.236. The first-order valence-electron chi connectivity index (χ1n) is 7.55. The molecule has 0 unspecified atom stereocenters. The highest BCUT2D eigenvalue weighted by atomic mass is 19.1. The third kappa shape index (κ3) is 3.39. The van der Waals surface area contributed by atoms with Crippen molar-refractivity contribution in [2.24, 2.45) is 0 Å². The average Bonchev–Trinajstić information content (AvgIpc) is 2.58. The number of rotatable bonds is 3. The summed E-state index contributed by atoms with van der Waals surface area (Å²) in [7, 11) is 0. The molecule has 0 bridgehead atoms. The zero-order valence-electron chi connectivity index (χ0n) is 12.4. The summed E-state index contributed by atoms with van der Waals surface area (Å²) in [6.45, 7) is 0. The van der Waals surface area contributed by atoms with Gasteiger partial charge in [0, 0.05) is 11.6 Å². The molecule has 1 N–H and O–H groups in total. The topological polar surface area (TPSA) is 79.0 Å². The van der Waals surface area contributed by atoms with Gasteiger partial charge in [-0.1, -0.05) is 6.42 Å². The van der Waals surface area contributed by atoms with E-state index in [1.54, 1.807) is 24.3 Å². The van der Waals surface area contributed by atoms with Crippen LogP contribution in [0.3, 0.4) is 0 Å². The van der Waals surface area contributed by atoms with Crippen molar-refractivity contribution in [1.82, 2.24) is 10.2 Å². The number of ether oxygens (including phenoxy) is 1. The minimum Gasteiger partial charge on any atom is -0.507 e. The molecule has 23 heavy (non-hydrogen) atoms. The number of phenolic OH excluding ortho intramolecular Hbond substituents is 1. The summed E-state index contributed by atoms with van der Waals surface area (Å²) in [6, 6.07) is 9.79. The molecule has 2 aromatic rings. The fourth-order valence-corrected chi connectivity index (χ4v) is 2.68. The van der Waals surface area contributed by atoms with E-state index in [0.717, 1.165) is 12.8 Å². The Hall–Kier alpha value is -2.68. The molecule has 2 atom stereocenters.